The van der Waals surface area contributed by atoms with Gasteiger partial charge in [-0.25, -0.2) is 0 Å². The van der Waals surface area contributed by atoms with Gasteiger partial charge in [0.15, 0.2) is 0 Å². The molecule has 2 rings (SSSR count). The monoisotopic (exact) mass is 238 g/mol. The molecule has 0 amide bonds. The summed E-state index contributed by atoms with van der Waals surface area (Å²) in [5.41, 5.74) is 3.12. The van der Waals surface area contributed by atoms with E-state index in [4.69, 9.17) is 11.6 Å². The molecule has 1 aromatic heterocycles. The van der Waals surface area contributed by atoms with Crippen molar-refractivity contribution in [2.75, 3.05) is 5.88 Å². The highest BCUT2D eigenvalue weighted by Gasteiger charge is 2.12. The summed E-state index contributed by atoms with van der Waals surface area (Å²) in [6.07, 6.45) is 0.717. The van der Waals surface area contributed by atoms with Gasteiger partial charge in [-0.3, -0.25) is 10.1 Å². The van der Waals surface area contributed by atoms with Crippen LogP contribution in [-0.4, -0.2) is 15.8 Å². The van der Waals surface area contributed by atoms with Gasteiger partial charge in [0.1, 0.15) is 0 Å². The van der Waals surface area contributed by atoms with Crippen LogP contribution in [0.3, 0.4) is 0 Å². The standard InChI is InChI=1S/C11H11ClN2O2/c1-7-9(4-5-12)10-6-8(14(15)16)2-3-11(10)13-7/h2-3,6,13H,4-5H2,1H3. The summed E-state index contributed by atoms with van der Waals surface area (Å²) in [6.45, 7) is 1.95. The van der Waals surface area contributed by atoms with Crippen molar-refractivity contribution in [3.63, 3.8) is 0 Å². The lowest BCUT2D eigenvalue weighted by atomic mass is 10.1. The average Bonchev–Trinajstić information content (AvgIpc) is 2.55. The van der Waals surface area contributed by atoms with Gasteiger partial charge in [0.05, 0.1) is 4.92 Å². The van der Waals surface area contributed by atoms with Crippen molar-refractivity contribution < 1.29 is 4.92 Å². The lowest BCUT2D eigenvalue weighted by Gasteiger charge is -1.97. The predicted molar refractivity (Wildman–Crippen MR) is 64.1 cm³/mol. The maximum absolute atomic E-state index is 10.7. The van der Waals surface area contributed by atoms with Crippen LogP contribution < -0.4 is 0 Å². The molecule has 0 aliphatic carbocycles. The van der Waals surface area contributed by atoms with E-state index in [9.17, 15) is 10.1 Å². The van der Waals surface area contributed by atoms with E-state index in [0.29, 0.717) is 12.3 Å². The zero-order valence-corrected chi connectivity index (χ0v) is 9.54. The number of aryl methyl sites for hydroxylation is 2. The maximum atomic E-state index is 10.7. The summed E-state index contributed by atoms with van der Waals surface area (Å²) in [4.78, 5) is 13.5. The Morgan fingerprint density at radius 2 is 2.25 bits per heavy atom. The van der Waals surface area contributed by atoms with E-state index in [2.05, 4.69) is 4.98 Å². The van der Waals surface area contributed by atoms with Gasteiger partial charge >= 0.3 is 0 Å². The largest absolute Gasteiger partial charge is 0.358 e. The summed E-state index contributed by atoms with van der Waals surface area (Å²) in [5.74, 6) is 0.510. The molecule has 1 heterocycles. The SMILES string of the molecule is Cc1[nH]c2ccc([N+](=O)[O-])cc2c1CCCl. The van der Waals surface area contributed by atoms with E-state index in [1.807, 2.05) is 6.92 Å². The molecule has 84 valence electrons. The first-order valence-corrected chi connectivity index (χ1v) is 5.48. The third-order valence-electron chi connectivity index (χ3n) is 2.66. The Morgan fingerprint density at radius 3 is 2.88 bits per heavy atom. The van der Waals surface area contributed by atoms with Gasteiger partial charge in [-0.15, -0.1) is 11.6 Å². The molecule has 0 aliphatic rings. The van der Waals surface area contributed by atoms with Crippen molar-refractivity contribution in [2.45, 2.75) is 13.3 Å². The highest BCUT2D eigenvalue weighted by atomic mass is 35.5. The van der Waals surface area contributed by atoms with E-state index >= 15 is 0 Å². The van der Waals surface area contributed by atoms with E-state index in [0.717, 1.165) is 22.2 Å². The molecular formula is C11H11ClN2O2. The normalized spacial score (nSPS) is 10.9. The highest BCUT2D eigenvalue weighted by molar-refractivity contribution is 6.18. The first-order valence-electron chi connectivity index (χ1n) is 4.95. The molecule has 5 heteroatoms. The van der Waals surface area contributed by atoms with Crippen LogP contribution in [0.5, 0.6) is 0 Å². The molecule has 0 saturated carbocycles. The number of non-ortho nitro benzene ring substituents is 1. The van der Waals surface area contributed by atoms with Crippen molar-refractivity contribution in [1.82, 2.24) is 4.98 Å². The number of aromatic amines is 1. The summed E-state index contributed by atoms with van der Waals surface area (Å²) >= 11 is 5.72. The molecule has 0 spiro atoms. The summed E-state index contributed by atoms with van der Waals surface area (Å²) in [5, 5.41) is 11.6. The van der Waals surface area contributed by atoms with Crippen molar-refractivity contribution in [2.24, 2.45) is 0 Å². The van der Waals surface area contributed by atoms with Crippen molar-refractivity contribution in [3.05, 3.63) is 39.6 Å². The summed E-state index contributed by atoms with van der Waals surface area (Å²) in [6, 6.07) is 4.83. The number of hydrogen-bond donors (Lipinski definition) is 1. The lowest BCUT2D eigenvalue weighted by Crippen LogP contribution is -1.89. The molecule has 1 N–H and O–H groups in total. The van der Waals surface area contributed by atoms with Gasteiger partial charge in [-0.2, -0.15) is 0 Å². The smallest absolute Gasteiger partial charge is 0.270 e. The molecule has 0 unspecified atom stereocenters. The molecule has 0 fully saturated rings. The minimum Gasteiger partial charge on any atom is -0.358 e. The zero-order valence-electron chi connectivity index (χ0n) is 8.79. The van der Waals surface area contributed by atoms with Crippen LogP contribution >= 0.6 is 11.6 Å². The fourth-order valence-electron chi connectivity index (χ4n) is 1.90. The number of benzene rings is 1. The Bertz CT molecular complexity index is 548. The van der Waals surface area contributed by atoms with Crippen molar-refractivity contribution >= 4 is 28.2 Å². The van der Waals surface area contributed by atoms with E-state index < -0.39 is 0 Å². The number of H-pyrrole nitrogens is 1. The Morgan fingerprint density at radius 1 is 1.50 bits per heavy atom. The van der Waals surface area contributed by atoms with Gasteiger partial charge in [-0.1, -0.05) is 0 Å². The fourth-order valence-corrected chi connectivity index (χ4v) is 2.09. The van der Waals surface area contributed by atoms with Crippen LogP contribution in [0, 0.1) is 17.0 Å². The van der Waals surface area contributed by atoms with E-state index in [1.165, 1.54) is 6.07 Å². The average molecular weight is 239 g/mol. The fraction of sp³-hybridized carbons (Fsp3) is 0.273. The van der Waals surface area contributed by atoms with Crippen LogP contribution in [-0.2, 0) is 6.42 Å². The molecule has 16 heavy (non-hydrogen) atoms. The third-order valence-corrected chi connectivity index (χ3v) is 2.85. The summed E-state index contributed by atoms with van der Waals surface area (Å²) in [7, 11) is 0. The number of halogens is 1. The molecular weight excluding hydrogens is 228 g/mol. The topological polar surface area (TPSA) is 58.9 Å². The van der Waals surface area contributed by atoms with Crippen LogP contribution in [0.25, 0.3) is 10.9 Å². The Balaban J connectivity index is 2.64. The first-order chi connectivity index (χ1) is 7.63. The van der Waals surface area contributed by atoms with Gasteiger partial charge in [0.2, 0.25) is 0 Å². The minimum absolute atomic E-state index is 0.113. The molecule has 0 aliphatic heterocycles. The molecule has 0 atom stereocenters. The summed E-state index contributed by atoms with van der Waals surface area (Å²) < 4.78 is 0. The van der Waals surface area contributed by atoms with E-state index in [1.54, 1.807) is 12.1 Å². The third kappa shape index (κ3) is 1.76. The lowest BCUT2D eigenvalue weighted by molar-refractivity contribution is -0.384. The van der Waals surface area contributed by atoms with Crippen LogP contribution in [0.2, 0.25) is 0 Å². The number of nitrogens with one attached hydrogen (secondary N) is 1. The molecule has 1 aromatic carbocycles. The molecule has 2 aromatic rings. The van der Waals surface area contributed by atoms with Crippen LogP contribution in [0.4, 0.5) is 5.69 Å². The molecule has 0 radical (unpaired) electrons. The number of alkyl halides is 1. The second kappa shape index (κ2) is 4.14. The zero-order chi connectivity index (χ0) is 11.7. The van der Waals surface area contributed by atoms with Crippen LogP contribution in [0.15, 0.2) is 18.2 Å². The Hall–Kier alpha value is -1.55. The number of aromatic nitrogens is 1. The minimum atomic E-state index is -0.383. The number of nitro groups is 1. The Labute approximate surface area is 97.4 Å². The second-order valence-corrected chi connectivity index (χ2v) is 4.03. The predicted octanol–water partition coefficient (Wildman–Crippen LogP) is 3.17. The number of nitrogens with zero attached hydrogens (tertiary/aromatic N) is 1. The Kier molecular flexibility index (Phi) is 2.83. The molecule has 0 saturated heterocycles. The van der Waals surface area contributed by atoms with Gasteiger partial charge < -0.3 is 4.98 Å². The first kappa shape index (κ1) is 11.0. The van der Waals surface area contributed by atoms with Crippen molar-refractivity contribution in [1.29, 1.82) is 0 Å². The second-order valence-electron chi connectivity index (χ2n) is 3.65. The molecule has 4 nitrogen and oxygen atoms in total. The van der Waals surface area contributed by atoms with Gasteiger partial charge in [0, 0.05) is 34.6 Å². The van der Waals surface area contributed by atoms with E-state index in [-0.39, 0.29) is 10.6 Å². The molecule has 0 bridgehead atoms. The van der Waals surface area contributed by atoms with Gasteiger partial charge in [0.25, 0.3) is 5.69 Å². The van der Waals surface area contributed by atoms with Gasteiger partial charge in [-0.05, 0) is 25.0 Å². The number of fused-ring (bicyclic) bond motifs is 1. The highest BCUT2D eigenvalue weighted by Crippen LogP contribution is 2.26. The van der Waals surface area contributed by atoms with Crippen LogP contribution in [0.1, 0.15) is 11.3 Å². The van der Waals surface area contributed by atoms with Crippen molar-refractivity contribution in [3.8, 4) is 0 Å². The quantitative estimate of drug-likeness (QED) is 0.507. The number of nitro benzene ring substituents is 1. The number of hydrogen-bond acceptors (Lipinski definition) is 2. The maximum Gasteiger partial charge on any atom is 0.270 e. The number of rotatable bonds is 3.